The second kappa shape index (κ2) is 7.97. The van der Waals surface area contributed by atoms with Crippen LogP contribution in [0, 0.1) is 11.7 Å². The van der Waals surface area contributed by atoms with E-state index in [2.05, 4.69) is 0 Å². The van der Waals surface area contributed by atoms with Crippen molar-refractivity contribution in [2.45, 2.75) is 51.6 Å². The van der Waals surface area contributed by atoms with Gasteiger partial charge >= 0.3 is 6.09 Å². The van der Waals surface area contributed by atoms with Crippen LogP contribution in [0.5, 0.6) is 0 Å². The van der Waals surface area contributed by atoms with Crippen molar-refractivity contribution in [1.82, 2.24) is 4.90 Å². The largest absolute Gasteiger partial charge is 0.444 e. The summed E-state index contributed by atoms with van der Waals surface area (Å²) < 4.78 is 18.6. The van der Waals surface area contributed by atoms with Gasteiger partial charge < -0.3 is 14.7 Å². The summed E-state index contributed by atoms with van der Waals surface area (Å²) in [5.41, 5.74) is 0.572. The van der Waals surface area contributed by atoms with Crippen LogP contribution in [-0.2, 0) is 4.74 Å². The minimum absolute atomic E-state index is 0.105. The van der Waals surface area contributed by atoms with Crippen LogP contribution in [0.15, 0.2) is 24.3 Å². The minimum atomic E-state index is -0.485. The van der Waals surface area contributed by atoms with Gasteiger partial charge in [0.25, 0.3) is 0 Å². The van der Waals surface area contributed by atoms with E-state index in [0.717, 1.165) is 18.4 Å². The molecule has 1 aliphatic heterocycles. The lowest BCUT2D eigenvalue weighted by Gasteiger charge is -2.37. The van der Waals surface area contributed by atoms with Gasteiger partial charge in [0.05, 0.1) is 0 Å². The Morgan fingerprint density at radius 3 is 2.38 bits per heavy atom. The van der Waals surface area contributed by atoms with E-state index in [1.54, 1.807) is 17.0 Å². The zero-order valence-corrected chi connectivity index (χ0v) is 14.8. The molecule has 0 radical (unpaired) electrons. The average molecular weight is 337 g/mol. The molecule has 0 aromatic heterocycles. The molecular weight excluding hydrogens is 309 g/mol. The zero-order chi connectivity index (χ0) is 17.7. The quantitative estimate of drug-likeness (QED) is 0.905. The van der Waals surface area contributed by atoms with E-state index in [1.807, 2.05) is 20.8 Å². The number of nitrogens with zero attached hydrogens (tertiary/aromatic N) is 1. The molecule has 1 unspecified atom stereocenters. The fourth-order valence-corrected chi connectivity index (χ4v) is 3.33. The van der Waals surface area contributed by atoms with Crippen molar-refractivity contribution in [3.63, 3.8) is 0 Å². The number of halogens is 1. The van der Waals surface area contributed by atoms with Gasteiger partial charge in [-0.05, 0) is 69.6 Å². The Bertz CT molecular complexity index is 531. The summed E-state index contributed by atoms with van der Waals surface area (Å²) in [4.78, 5) is 13.9. The van der Waals surface area contributed by atoms with Crippen LogP contribution in [0.2, 0.25) is 0 Å². The summed E-state index contributed by atoms with van der Waals surface area (Å²) in [6, 6.07) is 6.54. The van der Waals surface area contributed by atoms with Crippen molar-refractivity contribution in [2.75, 3.05) is 19.7 Å². The number of carbonyl (C=O) groups excluding carboxylic acids is 1. The Balaban J connectivity index is 1.98. The van der Waals surface area contributed by atoms with Crippen molar-refractivity contribution in [3.05, 3.63) is 35.6 Å². The molecule has 1 saturated heterocycles. The molecule has 1 heterocycles. The molecule has 4 nitrogen and oxygen atoms in total. The Morgan fingerprint density at radius 1 is 1.29 bits per heavy atom. The van der Waals surface area contributed by atoms with Crippen LogP contribution in [0.3, 0.4) is 0 Å². The number of aliphatic hydroxyl groups excluding tert-OH is 1. The number of aliphatic hydroxyl groups is 1. The molecule has 1 aromatic rings. The molecule has 0 bridgehead atoms. The fraction of sp³-hybridized carbons (Fsp3) is 0.632. The number of benzene rings is 1. The highest BCUT2D eigenvalue weighted by molar-refractivity contribution is 5.68. The highest BCUT2D eigenvalue weighted by Crippen LogP contribution is 2.35. The Morgan fingerprint density at radius 2 is 1.88 bits per heavy atom. The van der Waals surface area contributed by atoms with Gasteiger partial charge in [0, 0.05) is 19.7 Å². The Hall–Kier alpha value is -1.62. The van der Waals surface area contributed by atoms with E-state index in [0.29, 0.717) is 25.4 Å². The van der Waals surface area contributed by atoms with Gasteiger partial charge in [-0.3, -0.25) is 0 Å². The third-order valence-corrected chi connectivity index (χ3v) is 4.50. The predicted molar refractivity (Wildman–Crippen MR) is 91.4 cm³/mol. The first-order valence-corrected chi connectivity index (χ1v) is 8.64. The van der Waals surface area contributed by atoms with Gasteiger partial charge in [-0.1, -0.05) is 12.1 Å². The summed E-state index contributed by atoms with van der Waals surface area (Å²) in [5, 5.41) is 9.39. The summed E-state index contributed by atoms with van der Waals surface area (Å²) >= 11 is 0. The van der Waals surface area contributed by atoms with E-state index < -0.39 is 5.60 Å². The number of likely N-dealkylation sites (tertiary alicyclic amines) is 1. The van der Waals surface area contributed by atoms with E-state index >= 15 is 0 Å². The SMILES string of the molecule is CC(C)(C)OC(=O)N1CCC(C(CCO)c2ccc(F)cc2)CC1. The summed E-state index contributed by atoms with van der Waals surface area (Å²) in [6.45, 7) is 7.01. The number of hydrogen-bond acceptors (Lipinski definition) is 3. The van der Waals surface area contributed by atoms with E-state index in [4.69, 9.17) is 4.74 Å². The highest BCUT2D eigenvalue weighted by Gasteiger charge is 2.31. The van der Waals surface area contributed by atoms with Gasteiger partial charge in [0.15, 0.2) is 0 Å². The minimum Gasteiger partial charge on any atom is -0.444 e. The van der Waals surface area contributed by atoms with Crippen molar-refractivity contribution < 1.29 is 19.0 Å². The molecule has 5 heteroatoms. The van der Waals surface area contributed by atoms with Crippen LogP contribution in [0.1, 0.15) is 51.5 Å². The molecule has 1 aliphatic rings. The zero-order valence-electron chi connectivity index (χ0n) is 14.8. The first-order chi connectivity index (χ1) is 11.3. The maximum Gasteiger partial charge on any atom is 0.410 e. The molecule has 0 saturated carbocycles. The molecule has 0 aliphatic carbocycles. The number of hydrogen-bond donors (Lipinski definition) is 1. The summed E-state index contributed by atoms with van der Waals surface area (Å²) in [6.07, 6.45) is 2.12. The molecule has 1 aromatic carbocycles. The Labute approximate surface area is 143 Å². The third kappa shape index (κ3) is 5.20. The lowest BCUT2D eigenvalue weighted by Crippen LogP contribution is -2.42. The second-order valence-electron chi connectivity index (χ2n) is 7.48. The fourth-order valence-electron chi connectivity index (χ4n) is 3.33. The van der Waals surface area contributed by atoms with E-state index in [9.17, 15) is 14.3 Å². The Kier molecular flexibility index (Phi) is 6.21. The van der Waals surface area contributed by atoms with Gasteiger partial charge in [0.2, 0.25) is 0 Å². The molecule has 24 heavy (non-hydrogen) atoms. The van der Waals surface area contributed by atoms with Gasteiger partial charge in [-0.2, -0.15) is 0 Å². The molecular formula is C19H28FNO3. The molecule has 0 spiro atoms. The molecule has 1 atom stereocenters. The maximum atomic E-state index is 13.1. The second-order valence-corrected chi connectivity index (χ2v) is 7.48. The number of rotatable bonds is 4. The smallest absolute Gasteiger partial charge is 0.410 e. The lowest BCUT2D eigenvalue weighted by atomic mass is 9.78. The number of ether oxygens (including phenoxy) is 1. The summed E-state index contributed by atoms with van der Waals surface area (Å²) in [5.74, 6) is 0.318. The van der Waals surface area contributed by atoms with Gasteiger partial charge in [-0.15, -0.1) is 0 Å². The van der Waals surface area contributed by atoms with Crippen LogP contribution in [-0.4, -0.2) is 41.4 Å². The first-order valence-electron chi connectivity index (χ1n) is 8.64. The number of amides is 1. The van der Waals surface area contributed by atoms with Crippen molar-refractivity contribution >= 4 is 6.09 Å². The summed E-state index contributed by atoms with van der Waals surface area (Å²) in [7, 11) is 0. The van der Waals surface area contributed by atoms with E-state index in [-0.39, 0.29) is 24.4 Å². The monoisotopic (exact) mass is 337 g/mol. The van der Waals surface area contributed by atoms with Gasteiger partial charge in [-0.25, -0.2) is 9.18 Å². The molecule has 1 fully saturated rings. The van der Waals surface area contributed by atoms with E-state index in [1.165, 1.54) is 12.1 Å². The number of piperidine rings is 1. The normalized spacial score (nSPS) is 17.6. The van der Waals surface area contributed by atoms with Crippen molar-refractivity contribution in [1.29, 1.82) is 0 Å². The highest BCUT2D eigenvalue weighted by atomic mass is 19.1. The van der Waals surface area contributed by atoms with Crippen LogP contribution in [0.4, 0.5) is 9.18 Å². The molecule has 134 valence electrons. The van der Waals surface area contributed by atoms with Crippen molar-refractivity contribution in [2.24, 2.45) is 5.92 Å². The van der Waals surface area contributed by atoms with Crippen molar-refractivity contribution in [3.8, 4) is 0 Å². The molecule has 2 rings (SSSR count). The lowest BCUT2D eigenvalue weighted by molar-refractivity contribution is 0.0170. The maximum absolute atomic E-state index is 13.1. The third-order valence-electron chi connectivity index (χ3n) is 4.50. The van der Waals surface area contributed by atoms with Crippen LogP contribution < -0.4 is 0 Å². The van der Waals surface area contributed by atoms with Crippen LogP contribution in [0.25, 0.3) is 0 Å². The standard InChI is InChI=1S/C19H28FNO3/c1-19(2,3)24-18(23)21-11-8-15(9-12-21)17(10-13-22)14-4-6-16(20)7-5-14/h4-7,15,17,22H,8-13H2,1-3H3. The number of carbonyl (C=O) groups is 1. The first kappa shape index (κ1) is 18.7. The predicted octanol–water partition coefficient (Wildman–Crippen LogP) is 3.94. The molecule has 1 N–H and O–H groups in total. The van der Waals surface area contributed by atoms with Crippen LogP contribution >= 0.6 is 0 Å². The topological polar surface area (TPSA) is 49.8 Å². The average Bonchev–Trinajstić information content (AvgIpc) is 2.52. The van der Waals surface area contributed by atoms with Gasteiger partial charge in [0.1, 0.15) is 11.4 Å². The molecule has 1 amide bonds.